The average Bonchev–Trinajstić information content (AvgIpc) is 2.77. The van der Waals surface area contributed by atoms with E-state index in [1.165, 1.54) is 0 Å². The molecule has 0 fully saturated rings. The molecule has 2 aromatic rings. The monoisotopic (exact) mass is 248 g/mol. The highest BCUT2D eigenvalue weighted by Crippen LogP contribution is 2.15. The van der Waals surface area contributed by atoms with E-state index in [2.05, 4.69) is 15.8 Å². The maximum Gasteiger partial charge on any atom is 0.0933 e. The Morgan fingerprint density at radius 3 is 2.76 bits per heavy atom. The zero-order chi connectivity index (χ0) is 12.1. The van der Waals surface area contributed by atoms with E-state index in [1.807, 2.05) is 44.2 Å². The summed E-state index contributed by atoms with van der Waals surface area (Å²) in [6.45, 7) is 4.61. The summed E-state index contributed by atoms with van der Waals surface area (Å²) in [6.07, 6.45) is 0. The quantitative estimate of drug-likeness (QED) is 0.825. The second-order valence-electron chi connectivity index (χ2n) is 3.91. The lowest BCUT2D eigenvalue weighted by Crippen LogP contribution is -2.19. The summed E-state index contributed by atoms with van der Waals surface area (Å²) in [4.78, 5) is 9.87. The molecule has 0 radical (unpaired) electrons. The number of aryl methyl sites for hydroxylation is 1. The minimum Gasteiger partial charge on any atom is -0.296 e. The van der Waals surface area contributed by atoms with Crippen LogP contribution < -0.4 is 5.48 Å². The minimum atomic E-state index is 0.115. The average molecular weight is 248 g/mol. The largest absolute Gasteiger partial charge is 0.296 e. The molecule has 4 heteroatoms. The third-order valence-electron chi connectivity index (χ3n) is 2.42. The van der Waals surface area contributed by atoms with Crippen molar-refractivity contribution in [1.82, 2.24) is 10.5 Å². The number of hydrogen-bond donors (Lipinski definition) is 1. The van der Waals surface area contributed by atoms with Crippen LogP contribution in [-0.2, 0) is 11.4 Å². The van der Waals surface area contributed by atoms with Gasteiger partial charge in [0.05, 0.1) is 23.4 Å². The number of hydroxylamine groups is 1. The Balaban J connectivity index is 1.79. The lowest BCUT2D eigenvalue weighted by molar-refractivity contribution is 0.00622. The molecule has 90 valence electrons. The first-order chi connectivity index (χ1) is 8.25. The number of nitrogens with one attached hydrogen (secondary N) is 1. The van der Waals surface area contributed by atoms with Crippen LogP contribution in [0.4, 0.5) is 0 Å². The van der Waals surface area contributed by atoms with Crippen LogP contribution in [0.5, 0.6) is 0 Å². The van der Waals surface area contributed by atoms with E-state index >= 15 is 0 Å². The normalized spacial score (nSPS) is 12.6. The Hall–Kier alpha value is -1.23. The molecule has 1 aromatic heterocycles. The van der Waals surface area contributed by atoms with Crippen LogP contribution in [0.25, 0.3) is 0 Å². The van der Waals surface area contributed by atoms with Gasteiger partial charge in [-0.1, -0.05) is 30.3 Å². The van der Waals surface area contributed by atoms with E-state index in [0.29, 0.717) is 6.61 Å². The molecule has 0 spiro atoms. The highest BCUT2D eigenvalue weighted by Gasteiger charge is 2.08. The lowest BCUT2D eigenvalue weighted by Gasteiger charge is -2.11. The molecule has 0 saturated carbocycles. The maximum atomic E-state index is 5.46. The molecule has 0 amide bonds. The van der Waals surface area contributed by atoms with Gasteiger partial charge in [0.15, 0.2) is 0 Å². The topological polar surface area (TPSA) is 34.2 Å². The van der Waals surface area contributed by atoms with Crippen molar-refractivity contribution < 1.29 is 4.84 Å². The number of rotatable bonds is 5. The zero-order valence-corrected chi connectivity index (χ0v) is 10.8. The summed E-state index contributed by atoms with van der Waals surface area (Å²) in [7, 11) is 0. The van der Waals surface area contributed by atoms with E-state index in [4.69, 9.17) is 4.84 Å². The van der Waals surface area contributed by atoms with Crippen LogP contribution in [0.3, 0.4) is 0 Å². The molecule has 0 aliphatic rings. The molecule has 1 heterocycles. The molecule has 2 rings (SSSR count). The van der Waals surface area contributed by atoms with Crippen molar-refractivity contribution in [3.05, 3.63) is 52.0 Å². The first-order valence-electron chi connectivity index (χ1n) is 5.59. The first-order valence-corrected chi connectivity index (χ1v) is 6.47. The fourth-order valence-corrected chi connectivity index (χ4v) is 2.17. The van der Waals surface area contributed by atoms with Gasteiger partial charge in [-0.2, -0.15) is 5.48 Å². The summed E-state index contributed by atoms with van der Waals surface area (Å²) in [5.74, 6) is 0. The Bertz CT molecular complexity index is 455. The lowest BCUT2D eigenvalue weighted by atomic mass is 10.2. The van der Waals surface area contributed by atoms with E-state index < -0.39 is 0 Å². The van der Waals surface area contributed by atoms with Crippen molar-refractivity contribution in [2.24, 2.45) is 0 Å². The SMILES string of the molecule is Cc1nc(C(C)NOCc2ccccc2)cs1. The number of nitrogens with zero attached hydrogens (tertiary/aromatic N) is 1. The predicted octanol–water partition coefficient (Wildman–Crippen LogP) is 3.23. The summed E-state index contributed by atoms with van der Waals surface area (Å²) in [6, 6.07) is 10.2. The highest BCUT2D eigenvalue weighted by molar-refractivity contribution is 7.09. The van der Waals surface area contributed by atoms with Crippen LogP contribution in [0.1, 0.15) is 29.2 Å². The van der Waals surface area contributed by atoms with E-state index in [9.17, 15) is 0 Å². The van der Waals surface area contributed by atoms with Gasteiger partial charge in [0.1, 0.15) is 0 Å². The molecular formula is C13H16N2OS. The summed E-state index contributed by atoms with van der Waals surface area (Å²) in [5, 5.41) is 3.13. The van der Waals surface area contributed by atoms with Crippen molar-refractivity contribution in [3.8, 4) is 0 Å². The van der Waals surface area contributed by atoms with E-state index in [-0.39, 0.29) is 6.04 Å². The molecule has 1 atom stereocenters. The predicted molar refractivity (Wildman–Crippen MR) is 69.6 cm³/mol. The second-order valence-corrected chi connectivity index (χ2v) is 4.97. The molecule has 1 N–H and O–H groups in total. The fraction of sp³-hybridized carbons (Fsp3) is 0.308. The molecule has 17 heavy (non-hydrogen) atoms. The Kier molecular flexibility index (Phi) is 4.25. The number of hydrogen-bond acceptors (Lipinski definition) is 4. The molecule has 0 aliphatic carbocycles. The van der Waals surface area contributed by atoms with Gasteiger partial charge in [-0.05, 0) is 19.4 Å². The molecule has 1 unspecified atom stereocenters. The molecule has 0 bridgehead atoms. The minimum absolute atomic E-state index is 0.115. The number of aromatic nitrogens is 1. The standard InChI is InChI=1S/C13H16N2OS/c1-10(13-9-17-11(2)14-13)15-16-8-12-6-4-3-5-7-12/h3-7,9-10,15H,8H2,1-2H3. The molecular weight excluding hydrogens is 232 g/mol. The number of benzene rings is 1. The summed E-state index contributed by atoms with van der Waals surface area (Å²) >= 11 is 1.66. The van der Waals surface area contributed by atoms with Gasteiger partial charge in [0.25, 0.3) is 0 Å². The van der Waals surface area contributed by atoms with E-state index in [0.717, 1.165) is 16.3 Å². The van der Waals surface area contributed by atoms with Gasteiger partial charge in [-0.15, -0.1) is 11.3 Å². The van der Waals surface area contributed by atoms with E-state index in [1.54, 1.807) is 11.3 Å². The zero-order valence-electron chi connectivity index (χ0n) is 10.0. The maximum absolute atomic E-state index is 5.46. The molecule has 0 saturated heterocycles. The van der Waals surface area contributed by atoms with Crippen LogP contribution in [0.2, 0.25) is 0 Å². The molecule has 0 aliphatic heterocycles. The van der Waals surface area contributed by atoms with Crippen LogP contribution in [0.15, 0.2) is 35.7 Å². The van der Waals surface area contributed by atoms with Crippen molar-refractivity contribution in [2.75, 3.05) is 0 Å². The van der Waals surface area contributed by atoms with Crippen LogP contribution in [-0.4, -0.2) is 4.98 Å². The number of thiazole rings is 1. The van der Waals surface area contributed by atoms with Gasteiger partial charge in [-0.3, -0.25) is 4.84 Å². The van der Waals surface area contributed by atoms with Gasteiger partial charge < -0.3 is 0 Å². The van der Waals surface area contributed by atoms with Crippen molar-refractivity contribution in [3.63, 3.8) is 0 Å². The van der Waals surface area contributed by atoms with Crippen LogP contribution >= 0.6 is 11.3 Å². The van der Waals surface area contributed by atoms with Gasteiger partial charge in [-0.25, -0.2) is 4.98 Å². The third-order valence-corrected chi connectivity index (χ3v) is 3.21. The van der Waals surface area contributed by atoms with Crippen molar-refractivity contribution >= 4 is 11.3 Å². The smallest absolute Gasteiger partial charge is 0.0933 e. The van der Waals surface area contributed by atoms with Gasteiger partial charge in [0.2, 0.25) is 0 Å². The summed E-state index contributed by atoms with van der Waals surface area (Å²) in [5.41, 5.74) is 5.19. The Labute approximate surface area is 105 Å². The van der Waals surface area contributed by atoms with Gasteiger partial charge in [0, 0.05) is 5.38 Å². The second kappa shape index (κ2) is 5.91. The molecule has 3 nitrogen and oxygen atoms in total. The third kappa shape index (κ3) is 3.63. The van der Waals surface area contributed by atoms with Crippen LogP contribution in [0, 0.1) is 6.92 Å². The van der Waals surface area contributed by atoms with Crippen molar-refractivity contribution in [1.29, 1.82) is 0 Å². The summed E-state index contributed by atoms with van der Waals surface area (Å²) < 4.78 is 0. The Morgan fingerprint density at radius 1 is 1.35 bits per heavy atom. The van der Waals surface area contributed by atoms with Crippen molar-refractivity contribution in [2.45, 2.75) is 26.5 Å². The fourth-order valence-electron chi connectivity index (χ4n) is 1.46. The Morgan fingerprint density at radius 2 is 2.12 bits per heavy atom. The first kappa shape index (κ1) is 12.2. The van der Waals surface area contributed by atoms with Gasteiger partial charge >= 0.3 is 0 Å². The highest BCUT2D eigenvalue weighted by atomic mass is 32.1. The molecule has 1 aromatic carbocycles.